The van der Waals surface area contributed by atoms with Crippen LogP contribution >= 0.6 is 0 Å². The smallest absolute Gasteiger partial charge is 0.132 e. The molecule has 2 aromatic rings. The van der Waals surface area contributed by atoms with Gasteiger partial charge in [0.2, 0.25) is 0 Å². The Kier molecular flexibility index (Phi) is 3.17. The summed E-state index contributed by atoms with van der Waals surface area (Å²) < 4.78 is 5.36. The van der Waals surface area contributed by atoms with Crippen LogP contribution in [-0.4, -0.2) is 11.7 Å². The molecular weight excluding hydrogens is 238 g/mol. The van der Waals surface area contributed by atoms with Gasteiger partial charge in [0.05, 0.1) is 6.26 Å². The predicted molar refractivity (Wildman–Crippen MR) is 73.6 cm³/mol. The average Bonchev–Trinajstić information content (AvgIpc) is 3.00. The van der Waals surface area contributed by atoms with E-state index < -0.39 is 6.10 Å². The summed E-state index contributed by atoms with van der Waals surface area (Å²) in [4.78, 5) is 0. The Hall–Kier alpha value is -1.58. The molecular formula is C16H19NO2. The molecule has 1 aliphatic carbocycles. The van der Waals surface area contributed by atoms with Crippen LogP contribution < -0.4 is 5.73 Å². The molecule has 1 aromatic heterocycles. The predicted octanol–water partition coefficient (Wildman–Crippen LogP) is 2.45. The number of hydrogen-bond donors (Lipinski definition) is 2. The first-order valence-electron chi connectivity index (χ1n) is 6.73. The van der Waals surface area contributed by atoms with Crippen LogP contribution in [0.5, 0.6) is 0 Å². The fraction of sp³-hybridized carbons (Fsp3) is 0.375. The number of fused-ring (bicyclic) bond motifs is 1. The second kappa shape index (κ2) is 4.83. The van der Waals surface area contributed by atoms with E-state index >= 15 is 0 Å². The zero-order chi connectivity index (χ0) is 13.3. The van der Waals surface area contributed by atoms with Gasteiger partial charge in [0, 0.05) is 12.0 Å². The molecule has 3 rings (SSSR count). The monoisotopic (exact) mass is 257 g/mol. The molecule has 0 amide bonds. The van der Waals surface area contributed by atoms with Crippen molar-refractivity contribution in [1.29, 1.82) is 0 Å². The number of aliphatic hydroxyl groups is 1. The third kappa shape index (κ3) is 2.09. The van der Waals surface area contributed by atoms with Gasteiger partial charge in [-0.2, -0.15) is 0 Å². The summed E-state index contributed by atoms with van der Waals surface area (Å²) in [6.07, 6.45) is 3.62. The Morgan fingerprint density at radius 3 is 2.68 bits per heavy atom. The van der Waals surface area contributed by atoms with Gasteiger partial charge in [-0.05, 0) is 42.5 Å². The van der Waals surface area contributed by atoms with Gasteiger partial charge >= 0.3 is 0 Å². The molecule has 2 atom stereocenters. The van der Waals surface area contributed by atoms with Crippen molar-refractivity contribution >= 4 is 0 Å². The minimum Gasteiger partial charge on any atom is -0.467 e. The molecule has 100 valence electrons. The lowest BCUT2D eigenvalue weighted by atomic mass is 9.67. The van der Waals surface area contributed by atoms with Gasteiger partial charge in [-0.3, -0.25) is 0 Å². The van der Waals surface area contributed by atoms with E-state index in [0.29, 0.717) is 12.3 Å². The summed E-state index contributed by atoms with van der Waals surface area (Å²) in [7, 11) is 0. The largest absolute Gasteiger partial charge is 0.467 e. The molecule has 3 nitrogen and oxygen atoms in total. The van der Waals surface area contributed by atoms with Crippen LogP contribution in [-0.2, 0) is 12.8 Å². The highest BCUT2D eigenvalue weighted by molar-refractivity contribution is 5.32. The lowest BCUT2D eigenvalue weighted by Crippen LogP contribution is -2.41. The van der Waals surface area contributed by atoms with Crippen LogP contribution in [0.25, 0.3) is 0 Å². The molecule has 0 aliphatic heterocycles. The molecule has 0 saturated carbocycles. The van der Waals surface area contributed by atoms with Crippen LogP contribution in [0.4, 0.5) is 0 Å². The minimum atomic E-state index is -0.638. The van der Waals surface area contributed by atoms with Crippen molar-refractivity contribution < 1.29 is 9.52 Å². The highest BCUT2D eigenvalue weighted by Gasteiger charge is 2.41. The van der Waals surface area contributed by atoms with Crippen molar-refractivity contribution in [3.63, 3.8) is 0 Å². The third-order valence-electron chi connectivity index (χ3n) is 4.35. The molecule has 3 heteroatoms. The van der Waals surface area contributed by atoms with Crippen LogP contribution in [0.3, 0.4) is 0 Å². The quantitative estimate of drug-likeness (QED) is 0.888. The van der Waals surface area contributed by atoms with E-state index in [0.717, 1.165) is 19.3 Å². The summed E-state index contributed by atoms with van der Waals surface area (Å²) in [6.45, 7) is 0.462. The molecule has 0 saturated heterocycles. The molecule has 2 unspecified atom stereocenters. The van der Waals surface area contributed by atoms with E-state index in [9.17, 15) is 5.11 Å². The Balaban J connectivity index is 1.94. The lowest BCUT2D eigenvalue weighted by Gasteiger charge is -2.40. The summed E-state index contributed by atoms with van der Waals surface area (Å²) in [6, 6.07) is 12.0. The van der Waals surface area contributed by atoms with Crippen LogP contribution in [0.15, 0.2) is 47.1 Å². The Morgan fingerprint density at radius 2 is 2.00 bits per heavy atom. The topological polar surface area (TPSA) is 59.4 Å². The maximum Gasteiger partial charge on any atom is 0.132 e. The molecule has 19 heavy (non-hydrogen) atoms. The highest BCUT2D eigenvalue weighted by atomic mass is 16.4. The van der Waals surface area contributed by atoms with Crippen molar-refractivity contribution in [2.24, 2.45) is 11.1 Å². The fourth-order valence-electron chi connectivity index (χ4n) is 3.09. The highest BCUT2D eigenvalue weighted by Crippen LogP contribution is 2.44. The van der Waals surface area contributed by atoms with Gasteiger partial charge in [0.25, 0.3) is 0 Å². The summed E-state index contributed by atoms with van der Waals surface area (Å²) in [5, 5.41) is 10.6. The zero-order valence-corrected chi connectivity index (χ0v) is 10.9. The van der Waals surface area contributed by atoms with Crippen molar-refractivity contribution in [2.45, 2.75) is 25.4 Å². The number of rotatable bonds is 3. The first-order valence-corrected chi connectivity index (χ1v) is 6.73. The van der Waals surface area contributed by atoms with E-state index in [1.54, 1.807) is 12.3 Å². The molecule has 0 bridgehead atoms. The lowest BCUT2D eigenvalue weighted by molar-refractivity contribution is 0.00237. The molecule has 3 N–H and O–H groups in total. The Labute approximate surface area is 113 Å². The molecule has 0 fully saturated rings. The summed E-state index contributed by atoms with van der Waals surface area (Å²) in [5.41, 5.74) is 8.36. The first-order chi connectivity index (χ1) is 9.25. The van der Waals surface area contributed by atoms with Crippen molar-refractivity contribution in [3.05, 3.63) is 59.5 Å². The number of aryl methyl sites for hydroxylation is 1. The Morgan fingerprint density at radius 1 is 1.21 bits per heavy atom. The van der Waals surface area contributed by atoms with Crippen LogP contribution in [0.2, 0.25) is 0 Å². The van der Waals surface area contributed by atoms with E-state index in [-0.39, 0.29) is 5.41 Å². The maximum atomic E-state index is 10.6. The standard InChI is InChI=1S/C16H19NO2/c17-11-16(15(18)14-6-3-9-19-14)8-7-12-4-1-2-5-13(12)10-16/h1-6,9,15,18H,7-8,10-11,17H2. The fourth-order valence-corrected chi connectivity index (χ4v) is 3.09. The van der Waals surface area contributed by atoms with E-state index in [4.69, 9.17) is 10.2 Å². The second-order valence-electron chi connectivity index (χ2n) is 5.43. The molecule has 1 aromatic carbocycles. The Bertz CT molecular complexity index is 550. The van der Waals surface area contributed by atoms with Gasteiger partial charge in [0.1, 0.15) is 11.9 Å². The number of furan rings is 1. The van der Waals surface area contributed by atoms with Gasteiger partial charge in [-0.1, -0.05) is 24.3 Å². The van der Waals surface area contributed by atoms with Gasteiger partial charge < -0.3 is 15.3 Å². The molecule has 1 heterocycles. The normalized spacial score (nSPS) is 23.9. The summed E-state index contributed by atoms with van der Waals surface area (Å²) >= 11 is 0. The van der Waals surface area contributed by atoms with Gasteiger partial charge in [0.15, 0.2) is 0 Å². The molecule has 1 aliphatic rings. The minimum absolute atomic E-state index is 0.313. The van der Waals surface area contributed by atoms with Crippen molar-refractivity contribution in [1.82, 2.24) is 0 Å². The zero-order valence-electron chi connectivity index (χ0n) is 10.9. The van der Waals surface area contributed by atoms with Gasteiger partial charge in [-0.15, -0.1) is 0 Å². The summed E-state index contributed by atoms with van der Waals surface area (Å²) in [5.74, 6) is 0.616. The van der Waals surface area contributed by atoms with Crippen LogP contribution in [0, 0.1) is 5.41 Å². The third-order valence-corrected chi connectivity index (χ3v) is 4.35. The second-order valence-corrected chi connectivity index (χ2v) is 5.43. The molecule has 0 spiro atoms. The molecule has 0 radical (unpaired) electrons. The number of benzene rings is 1. The van der Waals surface area contributed by atoms with E-state index in [1.165, 1.54) is 11.1 Å². The van der Waals surface area contributed by atoms with E-state index in [2.05, 4.69) is 18.2 Å². The SMILES string of the molecule is NCC1(C(O)c2ccco2)CCc2ccccc2C1. The first kappa shape index (κ1) is 12.5. The van der Waals surface area contributed by atoms with Crippen molar-refractivity contribution in [2.75, 3.05) is 6.54 Å². The average molecular weight is 257 g/mol. The number of hydrogen-bond acceptors (Lipinski definition) is 3. The number of aliphatic hydroxyl groups excluding tert-OH is 1. The van der Waals surface area contributed by atoms with Crippen LogP contribution in [0.1, 0.15) is 29.4 Å². The van der Waals surface area contributed by atoms with Crippen molar-refractivity contribution in [3.8, 4) is 0 Å². The van der Waals surface area contributed by atoms with E-state index in [1.807, 2.05) is 12.1 Å². The number of nitrogens with two attached hydrogens (primary N) is 1. The van der Waals surface area contributed by atoms with Gasteiger partial charge in [-0.25, -0.2) is 0 Å². The maximum absolute atomic E-state index is 10.6.